The van der Waals surface area contributed by atoms with Crippen LogP contribution in [0.25, 0.3) is 0 Å². The number of aliphatic hydroxyl groups is 1. The van der Waals surface area contributed by atoms with Crippen LogP contribution in [0.5, 0.6) is 0 Å². The average Bonchev–Trinajstić information content (AvgIpc) is 2.27. The maximum atomic E-state index is 12.0. The van der Waals surface area contributed by atoms with E-state index in [-0.39, 0.29) is 23.1 Å². The van der Waals surface area contributed by atoms with Crippen LogP contribution in [0.1, 0.15) is 24.3 Å². The number of nitrogens with zero attached hydrogens (tertiary/aromatic N) is 3. The third kappa shape index (κ3) is 2.03. The molecule has 0 bridgehead atoms. The van der Waals surface area contributed by atoms with Crippen LogP contribution in [-0.2, 0) is 7.05 Å². The van der Waals surface area contributed by atoms with Crippen molar-refractivity contribution in [1.29, 1.82) is 0 Å². The highest BCUT2D eigenvalue weighted by Gasteiger charge is 2.46. The summed E-state index contributed by atoms with van der Waals surface area (Å²) in [6, 6.07) is 2.73. The van der Waals surface area contributed by atoms with E-state index < -0.39 is 5.60 Å². The van der Waals surface area contributed by atoms with Gasteiger partial charge in [0.1, 0.15) is 11.3 Å². The van der Waals surface area contributed by atoms with Crippen molar-refractivity contribution in [3.05, 3.63) is 28.2 Å². The molecule has 0 radical (unpaired) electrons. The lowest BCUT2D eigenvalue weighted by atomic mass is 9.83. The zero-order chi connectivity index (χ0) is 13.5. The molecule has 1 aliphatic heterocycles. The van der Waals surface area contributed by atoms with Crippen molar-refractivity contribution in [1.82, 2.24) is 14.7 Å². The molecule has 0 aliphatic carbocycles. The molecular weight excluding hydrogens is 234 g/mol. The van der Waals surface area contributed by atoms with Gasteiger partial charge in [-0.15, -0.1) is 0 Å². The highest BCUT2D eigenvalue weighted by molar-refractivity contribution is 5.92. The normalized spacial score (nSPS) is 17.7. The molecule has 1 N–H and O–H groups in total. The minimum absolute atomic E-state index is 0.106. The molecule has 2 heterocycles. The van der Waals surface area contributed by atoms with Crippen molar-refractivity contribution in [3.63, 3.8) is 0 Å². The van der Waals surface area contributed by atoms with E-state index >= 15 is 0 Å². The molecule has 18 heavy (non-hydrogen) atoms. The molecule has 6 nitrogen and oxygen atoms in total. The van der Waals surface area contributed by atoms with E-state index in [2.05, 4.69) is 5.10 Å². The number of hydrogen-bond donors (Lipinski definition) is 1. The number of rotatable bonds is 2. The lowest BCUT2D eigenvalue weighted by Crippen LogP contribution is -2.66. The quantitative estimate of drug-likeness (QED) is 0.777. The van der Waals surface area contributed by atoms with Crippen LogP contribution in [0.3, 0.4) is 0 Å². The molecule has 1 amide bonds. The maximum absolute atomic E-state index is 12.0. The number of carbonyl (C=O) groups excluding carboxylic acids is 1. The SMILES string of the molecule is CC(C)C1(O)CN(C(=O)c2ccc(=O)n(C)n2)C1. The van der Waals surface area contributed by atoms with E-state index in [4.69, 9.17) is 0 Å². The summed E-state index contributed by atoms with van der Waals surface area (Å²) in [7, 11) is 1.50. The molecule has 0 atom stereocenters. The molecule has 2 rings (SSSR count). The summed E-state index contributed by atoms with van der Waals surface area (Å²) in [4.78, 5) is 24.7. The summed E-state index contributed by atoms with van der Waals surface area (Å²) >= 11 is 0. The summed E-state index contributed by atoms with van der Waals surface area (Å²) < 4.78 is 1.13. The van der Waals surface area contributed by atoms with Crippen LogP contribution in [0.2, 0.25) is 0 Å². The average molecular weight is 251 g/mol. The van der Waals surface area contributed by atoms with E-state index in [1.165, 1.54) is 24.1 Å². The Morgan fingerprint density at radius 1 is 1.44 bits per heavy atom. The first-order valence-electron chi connectivity index (χ1n) is 5.89. The van der Waals surface area contributed by atoms with Gasteiger partial charge in [-0.05, 0) is 12.0 Å². The topological polar surface area (TPSA) is 75.4 Å². The number of hydrogen-bond acceptors (Lipinski definition) is 4. The lowest BCUT2D eigenvalue weighted by molar-refractivity contribution is -0.111. The molecule has 1 saturated heterocycles. The van der Waals surface area contributed by atoms with E-state index in [1.54, 1.807) is 0 Å². The van der Waals surface area contributed by atoms with Gasteiger partial charge in [0, 0.05) is 13.1 Å². The zero-order valence-electron chi connectivity index (χ0n) is 10.8. The minimum atomic E-state index is -0.795. The van der Waals surface area contributed by atoms with E-state index in [0.717, 1.165) is 4.68 Å². The molecular formula is C12H17N3O3. The summed E-state index contributed by atoms with van der Waals surface area (Å²) in [5.74, 6) is -0.148. The lowest BCUT2D eigenvalue weighted by Gasteiger charge is -2.48. The first kappa shape index (κ1) is 12.8. The number of likely N-dealkylation sites (tertiary alicyclic amines) is 1. The first-order valence-corrected chi connectivity index (χ1v) is 5.89. The Kier molecular flexibility index (Phi) is 2.98. The van der Waals surface area contributed by atoms with Gasteiger partial charge in [-0.3, -0.25) is 9.59 Å². The van der Waals surface area contributed by atoms with Gasteiger partial charge in [0.25, 0.3) is 11.5 Å². The smallest absolute Gasteiger partial charge is 0.274 e. The van der Waals surface area contributed by atoms with E-state index in [1.807, 2.05) is 13.8 Å². The molecule has 1 fully saturated rings. The number of carbonyl (C=O) groups is 1. The fourth-order valence-electron chi connectivity index (χ4n) is 1.90. The third-order valence-electron chi connectivity index (χ3n) is 3.47. The Balaban J connectivity index is 2.11. The van der Waals surface area contributed by atoms with Crippen LogP contribution in [-0.4, -0.2) is 44.4 Å². The van der Waals surface area contributed by atoms with Crippen molar-refractivity contribution in [3.8, 4) is 0 Å². The summed E-state index contributed by atoms with van der Waals surface area (Å²) in [5.41, 5.74) is -0.826. The van der Waals surface area contributed by atoms with E-state index in [9.17, 15) is 14.7 Å². The van der Waals surface area contributed by atoms with Gasteiger partial charge < -0.3 is 10.0 Å². The predicted molar refractivity (Wildman–Crippen MR) is 65.2 cm³/mol. The molecule has 1 aromatic rings. The van der Waals surface area contributed by atoms with Gasteiger partial charge in [-0.2, -0.15) is 5.10 Å². The van der Waals surface area contributed by atoms with Crippen LogP contribution in [0.15, 0.2) is 16.9 Å². The Morgan fingerprint density at radius 2 is 2.06 bits per heavy atom. The molecule has 0 spiro atoms. The summed E-state index contributed by atoms with van der Waals surface area (Å²) in [6.45, 7) is 4.47. The summed E-state index contributed by atoms with van der Waals surface area (Å²) in [5, 5.41) is 14.0. The first-order chi connectivity index (χ1) is 8.33. The van der Waals surface area contributed by atoms with E-state index in [0.29, 0.717) is 13.1 Å². The predicted octanol–water partition coefficient (Wildman–Crippen LogP) is -0.377. The van der Waals surface area contributed by atoms with Crippen molar-refractivity contribution in [2.45, 2.75) is 19.4 Å². The second-order valence-corrected chi connectivity index (χ2v) is 5.10. The summed E-state index contributed by atoms with van der Waals surface area (Å²) in [6.07, 6.45) is 0. The molecule has 0 unspecified atom stereocenters. The van der Waals surface area contributed by atoms with Crippen molar-refractivity contribution < 1.29 is 9.90 Å². The maximum Gasteiger partial charge on any atom is 0.274 e. The highest BCUT2D eigenvalue weighted by atomic mass is 16.3. The fourth-order valence-corrected chi connectivity index (χ4v) is 1.90. The number of aryl methyl sites for hydroxylation is 1. The van der Waals surface area contributed by atoms with Crippen molar-refractivity contribution in [2.24, 2.45) is 13.0 Å². The van der Waals surface area contributed by atoms with Gasteiger partial charge in [-0.1, -0.05) is 13.8 Å². The molecule has 6 heteroatoms. The Morgan fingerprint density at radius 3 is 2.56 bits per heavy atom. The molecule has 98 valence electrons. The van der Waals surface area contributed by atoms with Gasteiger partial charge in [0.2, 0.25) is 0 Å². The molecule has 0 aromatic carbocycles. The largest absolute Gasteiger partial charge is 0.386 e. The Labute approximate surface area is 105 Å². The fraction of sp³-hybridized carbons (Fsp3) is 0.583. The molecule has 0 saturated carbocycles. The van der Waals surface area contributed by atoms with Crippen LogP contribution in [0.4, 0.5) is 0 Å². The van der Waals surface area contributed by atoms with Gasteiger partial charge in [0.05, 0.1) is 13.1 Å². The van der Waals surface area contributed by atoms with Gasteiger partial charge in [0.15, 0.2) is 0 Å². The van der Waals surface area contributed by atoms with Gasteiger partial charge in [-0.25, -0.2) is 4.68 Å². The second kappa shape index (κ2) is 4.20. The van der Waals surface area contributed by atoms with Crippen LogP contribution >= 0.6 is 0 Å². The molecule has 1 aromatic heterocycles. The van der Waals surface area contributed by atoms with Crippen LogP contribution in [0, 0.1) is 5.92 Å². The van der Waals surface area contributed by atoms with Crippen LogP contribution < -0.4 is 5.56 Å². The van der Waals surface area contributed by atoms with Crippen molar-refractivity contribution >= 4 is 5.91 Å². The number of β-amino-alcohol motifs (C(OH)–C–C–N with tert-alkyl or cyclic N) is 1. The second-order valence-electron chi connectivity index (χ2n) is 5.10. The minimum Gasteiger partial charge on any atom is -0.386 e. The zero-order valence-corrected chi connectivity index (χ0v) is 10.8. The number of amides is 1. The Hall–Kier alpha value is -1.69. The Bertz CT molecular complexity index is 530. The van der Waals surface area contributed by atoms with Gasteiger partial charge >= 0.3 is 0 Å². The highest BCUT2D eigenvalue weighted by Crippen LogP contribution is 2.29. The molecule has 1 aliphatic rings. The standard InChI is InChI=1S/C12H17N3O3/c1-8(2)12(18)6-15(7-12)11(17)9-4-5-10(16)14(3)13-9/h4-5,8,18H,6-7H2,1-3H3. The van der Waals surface area contributed by atoms with Crippen molar-refractivity contribution in [2.75, 3.05) is 13.1 Å². The monoisotopic (exact) mass is 251 g/mol. The number of aromatic nitrogens is 2. The third-order valence-corrected chi connectivity index (χ3v) is 3.47.